The summed E-state index contributed by atoms with van der Waals surface area (Å²) < 4.78 is 11.2. The van der Waals surface area contributed by atoms with Crippen LogP contribution in [0.5, 0.6) is 5.75 Å². The minimum absolute atomic E-state index is 0. The standard InChI is InChI=1S/C22H29ClN4O2.HI/c23-20-8-3-4-9-21(20)29-17-19-7-2-1-6-18(19)16-26-22(24)25-10-5-11-27-12-14-28-15-13-27;/h1-4,6-9H,5,10-17H2,(H3,24,25,26);1H. The molecule has 164 valence electrons. The van der Waals surface area contributed by atoms with E-state index in [4.69, 9.17) is 26.8 Å². The Kier molecular flexibility index (Phi) is 11.3. The van der Waals surface area contributed by atoms with Gasteiger partial charge in [-0.3, -0.25) is 4.90 Å². The maximum atomic E-state index is 6.16. The molecule has 3 rings (SSSR count). The molecule has 0 unspecified atom stereocenters. The summed E-state index contributed by atoms with van der Waals surface area (Å²) in [6.07, 6.45) is 1.03. The molecular formula is C22H30ClIN4O2. The van der Waals surface area contributed by atoms with Crippen molar-refractivity contribution >= 4 is 41.5 Å². The van der Waals surface area contributed by atoms with Crippen molar-refractivity contribution in [3.05, 3.63) is 64.7 Å². The Hall–Kier alpha value is -1.55. The number of nitrogens with zero attached hydrogens (tertiary/aromatic N) is 2. The molecule has 1 saturated heterocycles. The minimum atomic E-state index is 0. The zero-order chi connectivity index (χ0) is 20.3. The highest BCUT2D eigenvalue weighted by Gasteiger charge is 2.09. The van der Waals surface area contributed by atoms with E-state index in [0.717, 1.165) is 56.9 Å². The van der Waals surface area contributed by atoms with E-state index in [0.29, 0.717) is 29.9 Å². The van der Waals surface area contributed by atoms with Crippen molar-refractivity contribution < 1.29 is 9.47 Å². The van der Waals surface area contributed by atoms with Crippen molar-refractivity contribution in [3.63, 3.8) is 0 Å². The molecule has 0 radical (unpaired) electrons. The molecule has 0 bridgehead atoms. The number of guanidine groups is 1. The first-order valence-electron chi connectivity index (χ1n) is 10.0. The maximum Gasteiger partial charge on any atom is 0.188 e. The van der Waals surface area contributed by atoms with Crippen molar-refractivity contribution in [2.75, 3.05) is 39.4 Å². The minimum Gasteiger partial charge on any atom is -0.487 e. The van der Waals surface area contributed by atoms with Gasteiger partial charge in [0.15, 0.2) is 5.96 Å². The van der Waals surface area contributed by atoms with Crippen LogP contribution in [0.25, 0.3) is 0 Å². The summed E-state index contributed by atoms with van der Waals surface area (Å²) in [5.74, 6) is 1.14. The highest BCUT2D eigenvalue weighted by molar-refractivity contribution is 14.0. The Labute approximate surface area is 200 Å². The van der Waals surface area contributed by atoms with Crippen molar-refractivity contribution in [3.8, 4) is 5.75 Å². The Morgan fingerprint density at radius 2 is 1.80 bits per heavy atom. The Balaban J connectivity index is 0.00000320. The van der Waals surface area contributed by atoms with Crippen molar-refractivity contribution in [2.45, 2.75) is 19.6 Å². The van der Waals surface area contributed by atoms with E-state index in [9.17, 15) is 0 Å². The van der Waals surface area contributed by atoms with E-state index < -0.39 is 0 Å². The van der Waals surface area contributed by atoms with Crippen LogP contribution in [-0.4, -0.2) is 50.3 Å². The number of hydrogen-bond acceptors (Lipinski definition) is 4. The Morgan fingerprint density at radius 3 is 2.57 bits per heavy atom. The van der Waals surface area contributed by atoms with Gasteiger partial charge in [-0.2, -0.15) is 0 Å². The highest BCUT2D eigenvalue weighted by atomic mass is 127. The molecule has 8 heteroatoms. The number of morpholine rings is 1. The highest BCUT2D eigenvalue weighted by Crippen LogP contribution is 2.24. The van der Waals surface area contributed by atoms with Crippen LogP contribution in [0.3, 0.4) is 0 Å². The second-order valence-electron chi connectivity index (χ2n) is 6.92. The van der Waals surface area contributed by atoms with Crippen LogP contribution in [-0.2, 0) is 17.9 Å². The summed E-state index contributed by atoms with van der Waals surface area (Å²) in [6.45, 7) is 6.48. The zero-order valence-electron chi connectivity index (χ0n) is 17.1. The number of rotatable bonds is 9. The van der Waals surface area contributed by atoms with Gasteiger partial charge in [-0.05, 0) is 36.2 Å². The second-order valence-corrected chi connectivity index (χ2v) is 7.33. The van der Waals surface area contributed by atoms with Crippen molar-refractivity contribution in [1.29, 1.82) is 0 Å². The number of ether oxygens (including phenoxy) is 2. The molecule has 6 nitrogen and oxygen atoms in total. The molecule has 1 aliphatic heterocycles. The molecule has 30 heavy (non-hydrogen) atoms. The van der Waals surface area contributed by atoms with Crippen LogP contribution in [0, 0.1) is 0 Å². The molecule has 1 heterocycles. The van der Waals surface area contributed by atoms with E-state index in [1.165, 1.54) is 0 Å². The van der Waals surface area contributed by atoms with Crippen molar-refractivity contribution in [2.24, 2.45) is 10.7 Å². The third kappa shape index (κ3) is 8.29. The molecule has 1 aliphatic rings. The fraction of sp³-hybridized carbons (Fsp3) is 0.409. The largest absolute Gasteiger partial charge is 0.487 e. The number of aliphatic imine (C=N–C) groups is 1. The molecular weight excluding hydrogens is 515 g/mol. The van der Waals surface area contributed by atoms with Gasteiger partial charge in [0.25, 0.3) is 0 Å². The smallest absolute Gasteiger partial charge is 0.188 e. The predicted octanol–water partition coefficient (Wildman–Crippen LogP) is 3.66. The van der Waals surface area contributed by atoms with Gasteiger partial charge >= 0.3 is 0 Å². The van der Waals surface area contributed by atoms with Gasteiger partial charge in [0.1, 0.15) is 12.4 Å². The molecule has 0 atom stereocenters. The Bertz CT molecular complexity index is 800. The number of halogens is 2. The SMILES string of the molecule is I.NC(=NCc1ccccc1COc1ccccc1Cl)NCCCN1CCOCC1. The van der Waals surface area contributed by atoms with Gasteiger partial charge < -0.3 is 20.5 Å². The van der Waals surface area contributed by atoms with Crippen LogP contribution in [0.15, 0.2) is 53.5 Å². The lowest BCUT2D eigenvalue weighted by Gasteiger charge is -2.26. The van der Waals surface area contributed by atoms with Crippen LogP contribution in [0.2, 0.25) is 5.02 Å². The van der Waals surface area contributed by atoms with E-state index >= 15 is 0 Å². The predicted molar refractivity (Wildman–Crippen MR) is 133 cm³/mol. The molecule has 1 fully saturated rings. The van der Waals surface area contributed by atoms with E-state index in [1.54, 1.807) is 0 Å². The maximum absolute atomic E-state index is 6.16. The summed E-state index contributed by atoms with van der Waals surface area (Å²) in [7, 11) is 0. The number of nitrogens with one attached hydrogen (secondary N) is 1. The molecule has 2 aromatic carbocycles. The van der Waals surface area contributed by atoms with Crippen LogP contribution in [0.4, 0.5) is 0 Å². The van der Waals surface area contributed by atoms with Gasteiger partial charge in [-0.25, -0.2) is 4.99 Å². The zero-order valence-corrected chi connectivity index (χ0v) is 20.1. The third-order valence-corrected chi connectivity index (χ3v) is 5.13. The lowest BCUT2D eigenvalue weighted by atomic mass is 10.1. The summed E-state index contributed by atoms with van der Waals surface area (Å²) in [6, 6.07) is 15.5. The summed E-state index contributed by atoms with van der Waals surface area (Å²) in [5, 5.41) is 3.80. The van der Waals surface area contributed by atoms with Crippen molar-refractivity contribution in [1.82, 2.24) is 10.2 Å². The summed E-state index contributed by atoms with van der Waals surface area (Å²) in [5.41, 5.74) is 8.18. The third-order valence-electron chi connectivity index (χ3n) is 4.82. The Morgan fingerprint density at radius 1 is 1.10 bits per heavy atom. The molecule has 0 saturated carbocycles. The van der Waals surface area contributed by atoms with Crippen LogP contribution >= 0.6 is 35.6 Å². The fourth-order valence-corrected chi connectivity index (χ4v) is 3.33. The quantitative estimate of drug-likeness (QED) is 0.218. The monoisotopic (exact) mass is 544 g/mol. The van der Waals surface area contributed by atoms with Gasteiger partial charge in [0.05, 0.1) is 24.8 Å². The first kappa shape index (κ1) is 24.7. The van der Waals surface area contributed by atoms with Gasteiger partial charge in [0.2, 0.25) is 0 Å². The average molecular weight is 545 g/mol. The molecule has 2 aromatic rings. The normalized spacial score (nSPS) is 14.8. The fourth-order valence-electron chi connectivity index (χ4n) is 3.14. The second kappa shape index (κ2) is 13.7. The van der Waals surface area contributed by atoms with E-state index in [1.807, 2.05) is 48.5 Å². The molecule has 0 amide bonds. The summed E-state index contributed by atoms with van der Waals surface area (Å²) in [4.78, 5) is 6.89. The molecule has 3 N–H and O–H groups in total. The number of benzene rings is 2. The number of nitrogens with two attached hydrogens (primary N) is 1. The first-order chi connectivity index (χ1) is 14.2. The first-order valence-corrected chi connectivity index (χ1v) is 10.4. The molecule has 0 aromatic heterocycles. The van der Waals surface area contributed by atoms with Gasteiger partial charge in [-0.15, -0.1) is 24.0 Å². The lowest BCUT2D eigenvalue weighted by molar-refractivity contribution is 0.0376. The lowest BCUT2D eigenvalue weighted by Crippen LogP contribution is -2.39. The summed E-state index contributed by atoms with van der Waals surface area (Å²) >= 11 is 6.16. The topological polar surface area (TPSA) is 72.1 Å². The molecule has 0 aliphatic carbocycles. The van der Waals surface area contributed by atoms with Crippen LogP contribution in [0.1, 0.15) is 17.5 Å². The number of hydrogen-bond donors (Lipinski definition) is 2. The van der Waals surface area contributed by atoms with E-state index in [-0.39, 0.29) is 24.0 Å². The average Bonchev–Trinajstić information content (AvgIpc) is 2.76. The number of para-hydroxylation sites is 1. The van der Waals surface area contributed by atoms with Gasteiger partial charge in [-0.1, -0.05) is 48.0 Å². The van der Waals surface area contributed by atoms with Gasteiger partial charge in [0, 0.05) is 19.6 Å². The van der Waals surface area contributed by atoms with E-state index in [2.05, 4.69) is 15.2 Å². The van der Waals surface area contributed by atoms with Crippen LogP contribution < -0.4 is 15.8 Å². The molecule has 0 spiro atoms.